The van der Waals surface area contributed by atoms with Gasteiger partial charge in [0.25, 0.3) is 0 Å². The van der Waals surface area contributed by atoms with Gasteiger partial charge >= 0.3 is 0 Å². The topological polar surface area (TPSA) is 27.7 Å². The summed E-state index contributed by atoms with van der Waals surface area (Å²) in [6.45, 7) is 1.97. The van der Waals surface area contributed by atoms with Crippen LogP contribution in [0, 0.1) is 0 Å². The summed E-state index contributed by atoms with van der Waals surface area (Å²) in [6.07, 6.45) is 1.44. The minimum absolute atomic E-state index is 0.177. The molecule has 1 fully saturated rings. The van der Waals surface area contributed by atoms with Crippen LogP contribution in [0.3, 0.4) is 0 Å². The molecule has 0 amide bonds. The molecule has 18 heavy (non-hydrogen) atoms. The number of hydrogen-bond donors (Lipinski definition) is 0. The third kappa shape index (κ3) is 4.00. The molecule has 1 aliphatic heterocycles. The molecular formula is C12H13BrCl2O3. The van der Waals surface area contributed by atoms with E-state index in [0.29, 0.717) is 28.8 Å². The van der Waals surface area contributed by atoms with Crippen molar-refractivity contribution in [2.24, 2.45) is 0 Å². The highest BCUT2D eigenvalue weighted by atomic mass is 79.9. The average Bonchev–Trinajstić information content (AvgIpc) is 2.37. The number of hydrogen-bond acceptors (Lipinski definition) is 3. The number of ether oxygens (including phenoxy) is 3. The average molecular weight is 356 g/mol. The molecular weight excluding hydrogens is 343 g/mol. The van der Waals surface area contributed by atoms with E-state index < -0.39 is 0 Å². The summed E-state index contributed by atoms with van der Waals surface area (Å²) in [5.41, 5.74) is 0. The van der Waals surface area contributed by atoms with Crippen LogP contribution in [0.1, 0.15) is 12.8 Å². The molecule has 0 bridgehead atoms. The van der Waals surface area contributed by atoms with Crippen molar-refractivity contribution >= 4 is 39.1 Å². The molecule has 1 aliphatic rings. The molecule has 0 N–H and O–H groups in total. The second-order valence-electron chi connectivity index (χ2n) is 3.86. The Bertz CT molecular complexity index is 409. The van der Waals surface area contributed by atoms with E-state index >= 15 is 0 Å². The third-order valence-corrected chi connectivity index (χ3v) is 3.97. The quantitative estimate of drug-likeness (QED) is 0.754. The van der Waals surface area contributed by atoms with Crippen LogP contribution in [-0.2, 0) is 9.47 Å². The highest BCUT2D eigenvalue weighted by Gasteiger charge is 2.14. The van der Waals surface area contributed by atoms with Gasteiger partial charge in [-0.05, 0) is 28.4 Å². The van der Waals surface area contributed by atoms with Gasteiger partial charge in [0.05, 0.1) is 29.9 Å². The first kappa shape index (κ1) is 14.4. The zero-order chi connectivity index (χ0) is 13.0. The third-order valence-electron chi connectivity index (χ3n) is 2.48. The minimum atomic E-state index is -0.177. The lowest BCUT2D eigenvalue weighted by Gasteiger charge is -2.23. The number of halogens is 3. The van der Waals surface area contributed by atoms with E-state index in [2.05, 4.69) is 15.9 Å². The summed E-state index contributed by atoms with van der Waals surface area (Å²) in [5.74, 6) is 0.570. The normalized spacial score (nSPS) is 16.8. The summed E-state index contributed by atoms with van der Waals surface area (Å²) in [5, 5.41) is 1.09. The van der Waals surface area contributed by atoms with Gasteiger partial charge in [-0.3, -0.25) is 0 Å². The van der Waals surface area contributed by atoms with E-state index in [-0.39, 0.29) is 6.29 Å². The van der Waals surface area contributed by atoms with E-state index in [4.69, 9.17) is 37.4 Å². The van der Waals surface area contributed by atoms with Crippen LogP contribution in [0.15, 0.2) is 16.6 Å². The van der Waals surface area contributed by atoms with Crippen molar-refractivity contribution in [2.45, 2.75) is 19.1 Å². The Labute approximate surface area is 124 Å². The van der Waals surface area contributed by atoms with Gasteiger partial charge in [0.15, 0.2) is 6.29 Å². The maximum Gasteiger partial charge on any atom is 0.160 e. The molecule has 1 heterocycles. The molecule has 0 aliphatic carbocycles. The molecule has 6 heteroatoms. The largest absolute Gasteiger partial charge is 0.492 e. The molecule has 0 radical (unpaired) electrons. The van der Waals surface area contributed by atoms with E-state index in [1.165, 1.54) is 0 Å². The first-order valence-corrected chi connectivity index (χ1v) is 7.22. The van der Waals surface area contributed by atoms with Crippen molar-refractivity contribution in [3.63, 3.8) is 0 Å². The Hall–Kier alpha value is -0.0000000000000000555. The fourth-order valence-corrected chi connectivity index (χ4v) is 2.43. The number of rotatable bonds is 4. The van der Waals surface area contributed by atoms with Crippen molar-refractivity contribution < 1.29 is 14.2 Å². The maximum atomic E-state index is 6.05. The molecule has 0 unspecified atom stereocenters. The zero-order valence-corrected chi connectivity index (χ0v) is 12.7. The summed E-state index contributed by atoms with van der Waals surface area (Å²) in [7, 11) is 0. The molecule has 1 aromatic carbocycles. The number of benzene rings is 1. The van der Waals surface area contributed by atoms with Crippen molar-refractivity contribution in [3.05, 3.63) is 26.7 Å². The first-order chi connectivity index (χ1) is 8.66. The van der Waals surface area contributed by atoms with E-state index in [0.717, 1.165) is 24.1 Å². The smallest absolute Gasteiger partial charge is 0.160 e. The second-order valence-corrected chi connectivity index (χ2v) is 5.53. The Morgan fingerprint density at radius 1 is 1.22 bits per heavy atom. The molecule has 1 saturated heterocycles. The van der Waals surface area contributed by atoms with Crippen LogP contribution >= 0.6 is 39.1 Å². The lowest BCUT2D eigenvalue weighted by molar-refractivity contribution is -0.183. The van der Waals surface area contributed by atoms with E-state index in [9.17, 15) is 0 Å². The van der Waals surface area contributed by atoms with Crippen molar-refractivity contribution in [3.8, 4) is 5.75 Å². The Balaban J connectivity index is 1.84. The fourth-order valence-electron chi connectivity index (χ4n) is 1.58. The molecule has 1 aromatic rings. The van der Waals surface area contributed by atoms with Crippen LogP contribution in [0.2, 0.25) is 10.0 Å². The molecule has 3 nitrogen and oxygen atoms in total. The molecule has 0 atom stereocenters. The summed E-state index contributed by atoms with van der Waals surface area (Å²) in [6, 6.07) is 3.41. The van der Waals surface area contributed by atoms with Crippen LogP contribution < -0.4 is 4.74 Å². The molecule has 0 aromatic heterocycles. The highest BCUT2D eigenvalue weighted by Crippen LogP contribution is 2.34. The lowest BCUT2D eigenvalue weighted by Crippen LogP contribution is -2.26. The molecule has 2 rings (SSSR count). The first-order valence-electron chi connectivity index (χ1n) is 5.67. The summed E-state index contributed by atoms with van der Waals surface area (Å²) >= 11 is 15.3. The SMILES string of the molecule is Clc1cc(OCCC2OCCCO2)c(Cl)cc1Br. The van der Waals surface area contributed by atoms with Crippen LogP contribution in [0.4, 0.5) is 0 Å². The minimum Gasteiger partial charge on any atom is -0.492 e. The van der Waals surface area contributed by atoms with Gasteiger partial charge in [0, 0.05) is 17.0 Å². The molecule has 0 spiro atoms. The van der Waals surface area contributed by atoms with Gasteiger partial charge < -0.3 is 14.2 Å². The second kappa shape index (κ2) is 6.96. The Morgan fingerprint density at radius 3 is 2.67 bits per heavy atom. The molecule has 0 saturated carbocycles. The van der Waals surface area contributed by atoms with Crippen molar-refractivity contribution in [1.29, 1.82) is 0 Å². The monoisotopic (exact) mass is 354 g/mol. The summed E-state index contributed by atoms with van der Waals surface area (Å²) < 4.78 is 17.2. The Morgan fingerprint density at radius 2 is 1.94 bits per heavy atom. The fraction of sp³-hybridized carbons (Fsp3) is 0.500. The predicted molar refractivity (Wildman–Crippen MR) is 74.6 cm³/mol. The van der Waals surface area contributed by atoms with Crippen LogP contribution in [-0.4, -0.2) is 26.1 Å². The van der Waals surface area contributed by atoms with Gasteiger partial charge in [-0.1, -0.05) is 23.2 Å². The van der Waals surface area contributed by atoms with Gasteiger partial charge in [-0.15, -0.1) is 0 Å². The van der Waals surface area contributed by atoms with E-state index in [1.807, 2.05) is 0 Å². The van der Waals surface area contributed by atoms with Crippen molar-refractivity contribution in [1.82, 2.24) is 0 Å². The predicted octanol–water partition coefficient (Wildman–Crippen LogP) is 4.29. The van der Waals surface area contributed by atoms with Crippen molar-refractivity contribution in [2.75, 3.05) is 19.8 Å². The summed E-state index contributed by atoms with van der Waals surface area (Å²) in [4.78, 5) is 0. The lowest BCUT2D eigenvalue weighted by atomic mass is 10.3. The van der Waals surface area contributed by atoms with Gasteiger partial charge in [0.1, 0.15) is 5.75 Å². The van der Waals surface area contributed by atoms with Gasteiger partial charge in [-0.25, -0.2) is 0 Å². The van der Waals surface area contributed by atoms with E-state index in [1.54, 1.807) is 12.1 Å². The Kier molecular flexibility index (Phi) is 5.57. The molecule has 100 valence electrons. The van der Waals surface area contributed by atoms with Gasteiger partial charge in [0.2, 0.25) is 0 Å². The maximum absolute atomic E-state index is 6.05. The van der Waals surface area contributed by atoms with Gasteiger partial charge in [-0.2, -0.15) is 0 Å². The highest BCUT2D eigenvalue weighted by molar-refractivity contribution is 9.10. The van der Waals surface area contributed by atoms with Crippen LogP contribution in [0.25, 0.3) is 0 Å². The van der Waals surface area contributed by atoms with Crippen LogP contribution in [0.5, 0.6) is 5.75 Å². The standard InChI is InChI=1S/C12H13BrCl2O3/c13-8-6-10(15)11(7-9(8)14)16-5-2-12-17-3-1-4-18-12/h6-7,12H,1-5H2. The zero-order valence-electron chi connectivity index (χ0n) is 9.63.